The fraction of sp³-hybridized carbons (Fsp3) is 0.619. The molecule has 7 heteroatoms. The fourth-order valence-electron chi connectivity index (χ4n) is 3.69. The molecule has 2 amide bonds. The van der Waals surface area contributed by atoms with Gasteiger partial charge in [-0.3, -0.25) is 14.5 Å². The molecule has 2 heterocycles. The van der Waals surface area contributed by atoms with Crippen LogP contribution in [0.5, 0.6) is 5.75 Å². The van der Waals surface area contributed by atoms with Crippen LogP contribution in [0.2, 0.25) is 0 Å². The van der Waals surface area contributed by atoms with Crippen molar-refractivity contribution in [1.29, 1.82) is 0 Å². The Balaban J connectivity index is 1.76. The van der Waals surface area contributed by atoms with E-state index in [-0.39, 0.29) is 17.7 Å². The van der Waals surface area contributed by atoms with Crippen LogP contribution in [0.1, 0.15) is 33.6 Å². The van der Waals surface area contributed by atoms with E-state index in [0.29, 0.717) is 18.0 Å². The van der Waals surface area contributed by atoms with Gasteiger partial charge in [0.1, 0.15) is 5.75 Å². The van der Waals surface area contributed by atoms with Crippen LogP contribution in [0.25, 0.3) is 0 Å². The molecule has 2 aliphatic heterocycles. The summed E-state index contributed by atoms with van der Waals surface area (Å²) in [5, 5.41) is 2.99. The molecule has 0 saturated carbocycles. The van der Waals surface area contributed by atoms with Crippen LogP contribution in [0, 0.1) is 5.92 Å². The number of carbonyl (C=O) groups is 2. The lowest BCUT2D eigenvalue weighted by atomic mass is 10.0. The Morgan fingerprint density at radius 1 is 1.21 bits per heavy atom. The molecule has 7 nitrogen and oxygen atoms in total. The van der Waals surface area contributed by atoms with Gasteiger partial charge in [0.25, 0.3) is 5.91 Å². The summed E-state index contributed by atoms with van der Waals surface area (Å²) in [6.07, 6.45) is 1.10. The zero-order valence-corrected chi connectivity index (χ0v) is 17.1. The predicted octanol–water partition coefficient (Wildman–Crippen LogP) is 2.51. The first-order valence-corrected chi connectivity index (χ1v) is 10.3. The van der Waals surface area contributed by atoms with E-state index in [9.17, 15) is 9.59 Å². The lowest BCUT2D eigenvalue weighted by Crippen LogP contribution is -2.48. The second-order valence-corrected chi connectivity index (χ2v) is 7.39. The summed E-state index contributed by atoms with van der Waals surface area (Å²) in [6.45, 7) is 10.4. The first-order chi connectivity index (χ1) is 13.5. The maximum absolute atomic E-state index is 12.8. The van der Waals surface area contributed by atoms with Crippen LogP contribution < -0.4 is 15.0 Å². The van der Waals surface area contributed by atoms with Gasteiger partial charge in [-0.15, -0.1) is 0 Å². The number of nitrogens with zero attached hydrogens (tertiary/aromatic N) is 2. The third-order valence-electron chi connectivity index (χ3n) is 5.53. The van der Waals surface area contributed by atoms with Crippen molar-refractivity contribution >= 4 is 23.2 Å². The molecule has 1 saturated heterocycles. The van der Waals surface area contributed by atoms with E-state index in [2.05, 4.69) is 10.2 Å². The van der Waals surface area contributed by atoms with Crippen LogP contribution in [-0.2, 0) is 14.3 Å². The minimum absolute atomic E-state index is 0.00800. The Hall–Kier alpha value is -2.12. The van der Waals surface area contributed by atoms with Crippen molar-refractivity contribution < 1.29 is 19.1 Å². The van der Waals surface area contributed by atoms with Gasteiger partial charge < -0.3 is 19.7 Å². The van der Waals surface area contributed by atoms with E-state index in [0.717, 1.165) is 51.4 Å². The van der Waals surface area contributed by atoms with Crippen LogP contribution in [-0.4, -0.2) is 62.2 Å². The highest BCUT2D eigenvalue weighted by Crippen LogP contribution is 2.36. The standard InChI is InChI=1S/C21H31N3O4/c1-4-16(5-2)20(25)22-17-6-7-19-18(14-17)24(21(26)15(3)28-19)9-8-23-10-12-27-13-11-23/h6-7,14-16H,4-5,8-13H2,1-3H3,(H,22,25). The van der Waals surface area contributed by atoms with E-state index in [1.165, 1.54) is 0 Å². The Kier molecular flexibility index (Phi) is 6.91. The second-order valence-electron chi connectivity index (χ2n) is 7.39. The van der Waals surface area contributed by atoms with E-state index < -0.39 is 6.10 Å². The molecule has 0 radical (unpaired) electrons. The van der Waals surface area contributed by atoms with Crippen molar-refractivity contribution in [2.24, 2.45) is 5.92 Å². The number of amides is 2. The number of anilines is 2. The zero-order valence-electron chi connectivity index (χ0n) is 17.1. The fourth-order valence-corrected chi connectivity index (χ4v) is 3.69. The van der Waals surface area contributed by atoms with Crippen molar-refractivity contribution in [3.8, 4) is 5.75 Å². The molecule has 2 aliphatic rings. The van der Waals surface area contributed by atoms with Crippen LogP contribution in [0.4, 0.5) is 11.4 Å². The number of morpholine rings is 1. The van der Waals surface area contributed by atoms with Crippen molar-refractivity contribution in [3.63, 3.8) is 0 Å². The molecule has 3 rings (SSSR count). The average molecular weight is 389 g/mol. The molecule has 1 aromatic carbocycles. The van der Waals surface area contributed by atoms with E-state index >= 15 is 0 Å². The molecule has 0 aromatic heterocycles. The van der Waals surface area contributed by atoms with Gasteiger partial charge in [-0.1, -0.05) is 13.8 Å². The minimum atomic E-state index is -0.512. The van der Waals surface area contributed by atoms with Gasteiger partial charge in [0.2, 0.25) is 5.91 Å². The number of fused-ring (bicyclic) bond motifs is 1. The first-order valence-electron chi connectivity index (χ1n) is 10.3. The highest BCUT2D eigenvalue weighted by molar-refractivity contribution is 6.01. The van der Waals surface area contributed by atoms with Gasteiger partial charge in [0.15, 0.2) is 6.10 Å². The third kappa shape index (κ3) is 4.64. The van der Waals surface area contributed by atoms with Crippen LogP contribution in [0.15, 0.2) is 18.2 Å². The molecule has 0 bridgehead atoms. The normalized spacial score (nSPS) is 20.1. The van der Waals surface area contributed by atoms with Gasteiger partial charge in [0, 0.05) is 37.8 Å². The number of benzene rings is 1. The van der Waals surface area contributed by atoms with Crippen molar-refractivity contribution in [2.45, 2.75) is 39.7 Å². The Bertz CT molecular complexity index is 699. The number of rotatable bonds is 7. The highest BCUT2D eigenvalue weighted by atomic mass is 16.5. The molecule has 1 atom stereocenters. The van der Waals surface area contributed by atoms with Gasteiger partial charge in [-0.05, 0) is 38.0 Å². The molecule has 1 aromatic rings. The lowest BCUT2D eigenvalue weighted by Gasteiger charge is -2.35. The summed E-state index contributed by atoms with van der Waals surface area (Å²) in [7, 11) is 0. The molecule has 0 spiro atoms. The van der Waals surface area contributed by atoms with Crippen LogP contribution in [0.3, 0.4) is 0 Å². The quantitative estimate of drug-likeness (QED) is 0.776. The molecule has 0 aliphatic carbocycles. The Labute approximate surface area is 167 Å². The smallest absolute Gasteiger partial charge is 0.267 e. The molecular formula is C21H31N3O4. The number of ether oxygens (including phenoxy) is 2. The Morgan fingerprint density at radius 2 is 1.93 bits per heavy atom. The summed E-state index contributed by atoms with van der Waals surface area (Å²) in [5.41, 5.74) is 1.41. The van der Waals surface area contributed by atoms with Crippen molar-refractivity contribution in [3.05, 3.63) is 18.2 Å². The van der Waals surface area contributed by atoms with Crippen molar-refractivity contribution in [2.75, 3.05) is 49.6 Å². The summed E-state index contributed by atoms with van der Waals surface area (Å²) in [5.74, 6) is 0.631. The van der Waals surface area contributed by atoms with E-state index in [1.54, 1.807) is 11.8 Å². The number of hydrogen-bond acceptors (Lipinski definition) is 5. The van der Waals surface area contributed by atoms with Crippen molar-refractivity contribution in [1.82, 2.24) is 4.90 Å². The summed E-state index contributed by atoms with van der Waals surface area (Å²) in [6, 6.07) is 5.52. The molecular weight excluding hydrogens is 358 g/mol. The second kappa shape index (κ2) is 9.39. The number of hydrogen-bond donors (Lipinski definition) is 1. The third-order valence-corrected chi connectivity index (χ3v) is 5.53. The maximum atomic E-state index is 12.8. The summed E-state index contributed by atoms with van der Waals surface area (Å²) < 4.78 is 11.2. The average Bonchev–Trinajstić information content (AvgIpc) is 2.70. The van der Waals surface area contributed by atoms with Crippen LogP contribution >= 0.6 is 0 Å². The maximum Gasteiger partial charge on any atom is 0.267 e. The van der Waals surface area contributed by atoms with E-state index in [4.69, 9.17) is 9.47 Å². The largest absolute Gasteiger partial charge is 0.479 e. The number of carbonyl (C=O) groups excluding carboxylic acids is 2. The van der Waals surface area contributed by atoms with E-state index in [1.807, 2.05) is 32.0 Å². The molecule has 1 N–H and O–H groups in total. The number of nitrogens with one attached hydrogen (secondary N) is 1. The molecule has 28 heavy (non-hydrogen) atoms. The predicted molar refractivity (Wildman–Crippen MR) is 109 cm³/mol. The highest BCUT2D eigenvalue weighted by Gasteiger charge is 2.32. The molecule has 154 valence electrons. The molecule has 1 unspecified atom stereocenters. The summed E-state index contributed by atoms with van der Waals surface area (Å²) >= 11 is 0. The minimum Gasteiger partial charge on any atom is -0.479 e. The molecule has 1 fully saturated rings. The topological polar surface area (TPSA) is 71.1 Å². The summed E-state index contributed by atoms with van der Waals surface area (Å²) in [4.78, 5) is 29.3. The van der Waals surface area contributed by atoms with Gasteiger partial charge in [-0.25, -0.2) is 0 Å². The van der Waals surface area contributed by atoms with Gasteiger partial charge in [-0.2, -0.15) is 0 Å². The zero-order chi connectivity index (χ0) is 20.1. The van der Waals surface area contributed by atoms with Gasteiger partial charge in [0.05, 0.1) is 18.9 Å². The lowest BCUT2D eigenvalue weighted by molar-refractivity contribution is -0.125. The Morgan fingerprint density at radius 3 is 2.61 bits per heavy atom. The van der Waals surface area contributed by atoms with Gasteiger partial charge >= 0.3 is 0 Å². The monoisotopic (exact) mass is 389 g/mol. The first kappa shape index (κ1) is 20.6. The SMILES string of the molecule is CCC(CC)C(=O)Nc1ccc2c(c1)N(CCN1CCOCC1)C(=O)C(C)O2.